The van der Waals surface area contributed by atoms with Gasteiger partial charge in [-0.15, -0.1) is 0 Å². The molecule has 2 N–H and O–H groups in total. The van der Waals surface area contributed by atoms with Gasteiger partial charge >= 0.3 is 0 Å². The Morgan fingerprint density at radius 2 is 2.12 bits per heavy atom. The first-order chi connectivity index (χ1) is 11.6. The molecule has 1 aromatic rings. The molecule has 5 atom stereocenters. The molecule has 5 nitrogen and oxygen atoms in total. The van der Waals surface area contributed by atoms with Crippen LogP contribution in [0.1, 0.15) is 19.3 Å². The third-order valence-corrected chi connectivity index (χ3v) is 5.28. The highest BCUT2D eigenvalue weighted by molar-refractivity contribution is 5.94. The Kier molecular flexibility index (Phi) is 5.04. The van der Waals surface area contributed by atoms with Crippen LogP contribution in [0.2, 0.25) is 0 Å². The SMILES string of the molecule is CO[C@@]12CC[C@H](O)[C@@H](C=C[C@@H](O)COc3ccccc3)[C@@H]1CC2=O. The van der Waals surface area contributed by atoms with Gasteiger partial charge in [-0.1, -0.05) is 30.4 Å². The molecule has 2 aliphatic carbocycles. The second kappa shape index (κ2) is 7.05. The van der Waals surface area contributed by atoms with E-state index in [1.54, 1.807) is 13.2 Å². The summed E-state index contributed by atoms with van der Waals surface area (Å²) in [6, 6.07) is 9.29. The molecule has 5 heteroatoms. The van der Waals surface area contributed by atoms with Gasteiger partial charge in [0, 0.05) is 25.4 Å². The molecule has 3 rings (SSSR count). The number of hydrogen-bond donors (Lipinski definition) is 2. The lowest BCUT2D eigenvalue weighted by Gasteiger charge is -2.54. The third-order valence-electron chi connectivity index (χ3n) is 5.28. The monoisotopic (exact) mass is 332 g/mol. The van der Waals surface area contributed by atoms with Crippen molar-refractivity contribution in [3.05, 3.63) is 42.5 Å². The van der Waals surface area contributed by atoms with Crippen molar-refractivity contribution < 1.29 is 24.5 Å². The molecule has 0 aromatic heterocycles. The van der Waals surface area contributed by atoms with Gasteiger partial charge in [0.25, 0.3) is 0 Å². The lowest BCUT2D eigenvalue weighted by atomic mass is 9.55. The number of carbonyl (C=O) groups is 1. The minimum absolute atomic E-state index is 0.0164. The number of hydrogen-bond acceptors (Lipinski definition) is 5. The van der Waals surface area contributed by atoms with Crippen LogP contribution in [0.3, 0.4) is 0 Å². The maximum atomic E-state index is 12.0. The number of aliphatic hydroxyl groups is 2. The van der Waals surface area contributed by atoms with E-state index in [1.807, 2.05) is 36.4 Å². The Morgan fingerprint density at radius 3 is 2.79 bits per heavy atom. The van der Waals surface area contributed by atoms with E-state index in [0.717, 1.165) is 0 Å². The number of benzene rings is 1. The van der Waals surface area contributed by atoms with Gasteiger partial charge in [-0.3, -0.25) is 4.79 Å². The van der Waals surface area contributed by atoms with E-state index in [4.69, 9.17) is 9.47 Å². The van der Waals surface area contributed by atoms with E-state index in [9.17, 15) is 15.0 Å². The molecular weight excluding hydrogens is 308 g/mol. The summed E-state index contributed by atoms with van der Waals surface area (Å²) in [4.78, 5) is 12.0. The Hall–Kier alpha value is -1.69. The highest BCUT2D eigenvalue weighted by atomic mass is 16.5. The number of ether oxygens (including phenoxy) is 2. The normalized spacial score (nSPS) is 33.8. The highest BCUT2D eigenvalue weighted by Crippen LogP contribution is 2.51. The Bertz CT molecular complexity index is 599. The summed E-state index contributed by atoms with van der Waals surface area (Å²) >= 11 is 0. The molecule has 1 aromatic carbocycles. The zero-order valence-electron chi connectivity index (χ0n) is 13.8. The molecule has 0 radical (unpaired) electrons. The first kappa shape index (κ1) is 17.1. The van der Waals surface area contributed by atoms with Crippen molar-refractivity contribution in [2.45, 2.75) is 37.1 Å². The first-order valence-corrected chi connectivity index (χ1v) is 8.37. The number of carbonyl (C=O) groups excluding carboxylic acids is 1. The van der Waals surface area contributed by atoms with Crippen molar-refractivity contribution >= 4 is 5.78 Å². The molecule has 0 heterocycles. The van der Waals surface area contributed by atoms with Gasteiger partial charge in [0.05, 0.1) is 6.10 Å². The Morgan fingerprint density at radius 1 is 1.38 bits per heavy atom. The van der Waals surface area contributed by atoms with Crippen molar-refractivity contribution in [1.29, 1.82) is 0 Å². The van der Waals surface area contributed by atoms with Crippen molar-refractivity contribution in [3.63, 3.8) is 0 Å². The van der Waals surface area contributed by atoms with Gasteiger partial charge in [-0.05, 0) is 25.0 Å². The number of Topliss-reactive ketones (excluding diaryl/α,β-unsaturated/α-hetero) is 1. The molecule has 0 aliphatic heterocycles. The topological polar surface area (TPSA) is 76.0 Å². The third kappa shape index (κ3) is 3.11. The highest BCUT2D eigenvalue weighted by Gasteiger charge is 2.60. The van der Waals surface area contributed by atoms with Crippen molar-refractivity contribution in [2.24, 2.45) is 11.8 Å². The van der Waals surface area contributed by atoms with Gasteiger partial charge in [-0.2, -0.15) is 0 Å². The Balaban J connectivity index is 1.59. The van der Waals surface area contributed by atoms with Crippen LogP contribution >= 0.6 is 0 Å². The number of para-hydroxylation sites is 1. The second-order valence-electron chi connectivity index (χ2n) is 6.59. The van der Waals surface area contributed by atoms with Crippen LogP contribution in [0.4, 0.5) is 0 Å². The van der Waals surface area contributed by atoms with Crippen LogP contribution in [0, 0.1) is 11.8 Å². The van der Waals surface area contributed by atoms with Crippen molar-refractivity contribution in [1.82, 2.24) is 0 Å². The molecule has 2 saturated carbocycles. The fourth-order valence-electron chi connectivity index (χ4n) is 3.85. The Labute approximate surface area is 141 Å². The molecule has 0 bridgehead atoms. The van der Waals surface area contributed by atoms with Gasteiger partial charge in [0.15, 0.2) is 5.78 Å². The second-order valence-corrected chi connectivity index (χ2v) is 6.59. The van der Waals surface area contributed by atoms with Gasteiger partial charge in [0.2, 0.25) is 0 Å². The standard InChI is InChI=1S/C19H24O5/c1-23-19-10-9-17(21)15(16(19)11-18(19)22)8-7-13(20)12-24-14-5-3-2-4-6-14/h2-8,13,15-17,20-21H,9-12H2,1H3/t13-,15+,16+,17+,19+/m1/s1. The average Bonchev–Trinajstić information content (AvgIpc) is 2.60. The van der Waals surface area contributed by atoms with Crippen LogP contribution in [-0.2, 0) is 9.53 Å². The number of rotatable bonds is 6. The number of fused-ring (bicyclic) bond motifs is 1. The quantitative estimate of drug-likeness (QED) is 0.776. The zero-order chi connectivity index (χ0) is 17.2. The molecule has 0 spiro atoms. The number of ketones is 1. The maximum absolute atomic E-state index is 12.0. The summed E-state index contributed by atoms with van der Waals surface area (Å²) in [6.45, 7) is 0.141. The molecule has 130 valence electrons. The summed E-state index contributed by atoms with van der Waals surface area (Å²) in [7, 11) is 1.56. The van der Waals surface area contributed by atoms with Crippen LogP contribution < -0.4 is 4.74 Å². The summed E-state index contributed by atoms with van der Waals surface area (Å²) in [5.41, 5.74) is -0.736. The molecule has 24 heavy (non-hydrogen) atoms. The van der Waals surface area contributed by atoms with Gasteiger partial charge < -0.3 is 19.7 Å². The molecule has 0 unspecified atom stereocenters. The summed E-state index contributed by atoms with van der Waals surface area (Å²) in [6.07, 6.45) is 3.70. The van der Waals surface area contributed by atoms with E-state index in [1.165, 1.54) is 0 Å². The molecular formula is C19H24O5. The van der Waals surface area contributed by atoms with Crippen molar-refractivity contribution in [2.75, 3.05) is 13.7 Å². The summed E-state index contributed by atoms with van der Waals surface area (Å²) in [5, 5.41) is 20.4. The van der Waals surface area contributed by atoms with E-state index in [2.05, 4.69) is 0 Å². The van der Waals surface area contributed by atoms with Crippen molar-refractivity contribution in [3.8, 4) is 5.75 Å². The minimum atomic E-state index is -0.771. The molecule has 2 aliphatic rings. The van der Waals surface area contributed by atoms with E-state index < -0.39 is 17.8 Å². The molecule has 0 saturated heterocycles. The van der Waals surface area contributed by atoms with Crippen LogP contribution in [0.5, 0.6) is 5.75 Å². The van der Waals surface area contributed by atoms with Crippen LogP contribution in [0.15, 0.2) is 42.5 Å². The smallest absolute Gasteiger partial charge is 0.165 e. The van der Waals surface area contributed by atoms with Gasteiger partial charge in [-0.25, -0.2) is 0 Å². The maximum Gasteiger partial charge on any atom is 0.165 e. The predicted molar refractivity (Wildman–Crippen MR) is 88.7 cm³/mol. The van der Waals surface area contributed by atoms with Crippen LogP contribution in [0.25, 0.3) is 0 Å². The zero-order valence-corrected chi connectivity index (χ0v) is 13.8. The number of aliphatic hydroxyl groups excluding tert-OH is 2. The fraction of sp³-hybridized carbons (Fsp3) is 0.526. The van der Waals surface area contributed by atoms with E-state index in [0.29, 0.717) is 25.0 Å². The van der Waals surface area contributed by atoms with E-state index in [-0.39, 0.29) is 24.2 Å². The predicted octanol–water partition coefficient (Wildman–Crippen LogP) is 1.73. The average molecular weight is 332 g/mol. The summed E-state index contributed by atoms with van der Waals surface area (Å²) < 4.78 is 11.0. The van der Waals surface area contributed by atoms with Crippen LogP contribution in [-0.4, -0.2) is 47.5 Å². The summed E-state index contributed by atoms with van der Waals surface area (Å²) in [5.74, 6) is 0.624. The largest absolute Gasteiger partial charge is 0.491 e. The van der Waals surface area contributed by atoms with E-state index >= 15 is 0 Å². The molecule has 0 amide bonds. The molecule has 2 fully saturated rings. The fourth-order valence-corrected chi connectivity index (χ4v) is 3.85. The minimum Gasteiger partial charge on any atom is -0.491 e. The lowest BCUT2D eigenvalue weighted by molar-refractivity contribution is -0.191. The lowest BCUT2D eigenvalue weighted by Crippen LogP contribution is -2.64. The van der Waals surface area contributed by atoms with Gasteiger partial charge in [0.1, 0.15) is 24.1 Å². The first-order valence-electron chi connectivity index (χ1n) is 8.37. The number of methoxy groups -OCH3 is 1.